The van der Waals surface area contributed by atoms with Gasteiger partial charge in [0.2, 0.25) is 0 Å². The second-order valence-electron chi connectivity index (χ2n) is 7.49. The highest BCUT2D eigenvalue weighted by Gasteiger charge is 2.21. The van der Waals surface area contributed by atoms with Gasteiger partial charge in [0.25, 0.3) is 0 Å². The first-order chi connectivity index (χ1) is 13.2. The molecular weight excluding hydrogens is 469 g/mol. The molecule has 1 saturated carbocycles. The molecule has 1 N–H and O–H groups in total. The van der Waals surface area contributed by atoms with E-state index in [-0.39, 0.29) is 30.1 Å². The van der Waals surface area contributed by atoms with E-state index in [1.165, 1.54) is 12.8 Å². The van der Waals surface area contributed by atoms with Gasteiger partial charge in [-0.2, -0.15) is 0 Å². The van der Waals surface area contributed by atoms with Gasteiger partial charge >= 0.3 is 0 Å². The van der Waals surface area contributed by atoms with Crippen LogP contribution in [-0.4, -0.2) is 75.5 Å². The molecule has 1 aromatic heterocycles. The summed E-state index contributed by atoms with van der Waals surface area (Å²) in [6, 6.07) is 4.22. The van der Waals surface area contributed by atoms with E-state index in [4.69, 9.17) is 9.47 Å². The summed E-state index contributed by atoms with van der Waals surface area (Å²) < 4.78 is 11.3. The number of halogens is 1. The number of aliphatic imine (C=N–C) groups is 1. The first-order valence-corrected chi connectivity index (χ1v) is 9.96. The lowest BCUT2D eigenvalue weighted by Gasteiger charge is -2.32. The van der Waals surface area contributed by atoms with Gasteiger partial charge in [0, 0.05) is 53.1 Å². The van der Waals surface area contributed by atoms with Crippen LogP contribution < -0.4 is 10.2 Å². The third-order valence-corrected chi connectivity index (χ3v) is 5.02. The van der Waals surface area contributed by atoms with E-state index in [0.717, 1.165) is 62.7 Å². The van der Waals surface area contributed by atoms with E-state index in [1.807, 2.05) is 20.3 Å². The van der Waals surface area contributed by atoms with E-state index in [0.29, 0.717) is 6.54 Å². The molecule has 1 aromatic rings. The van der Waals surface area contributed by atoms with Crippen LogP contribution in [0.5, 0.6) is 0 Å². The largest absolute Gasteiger partial charge is 0.379 e. The molecule has 2 aliphatic rings. The molecule has 0 spiro atoms. The Kier molecular flexibility index (Phi) is 9.73. The number of hydrogen-bond acceptors (Lipinski definition) is 5. The van der Waals surface area contributed by atoms with Crippen LogP contribution in [0.4, 0.5) is 5.82 Å². The summed E-state index contributed by atoms with van der Waals surface area (Å²) in [5, 5.41) is 3.40. The normalized spacial score (nSPS) is 19.9. The number of hydrogen-bond donors (Lipinski definition) is 1. The minimum Gasteiger partial charge on any atom is -0.379 e. The number of rotatable bonds is 8. The van der Waals surface area contributed by atoms with Gasteiger partial charge in [-0.1, -0.05) is 6.07 Å². The fourth-order valence-corrected chi connectivity index (χ4v) is 3.14. The number of pyridine rings is 1. The summed E-state index contributed by atoms with van der Waals surface area (Å²) in [7, 11) is 3.85. The van der Waals surface area contributed by atoms with E-state index in [9.17, 15) is 0 Å². The first kappa shape index (κ1) is 23.2. The van der Waals surface area contributed by atoms with Crippen molar-refractivity contribution >= 4 is 35.8 Å². The zero-order valence-corrected chi connectivity index (χ0v) is 19.6. The van der Waals surface area contributed by atoms with Crippen LogP contribution in [0, 0.1) is 5.92 Å². The molecule has 0 amide bonds. The molecule has 7 nitrogen and oxygen atoms in total. The number of nitrogens with one attached hydrogen (secondary N) is 1. The molecule has 3 rings (SSSR count). The highest BCUT2D eigenvalue weighted by molar-refractivity contribution is 14.0. The zero-order chi connectivity index (χ0) is 19.1. The van der Waals surface area contributed by atoms with Crippen LogP contribution in [0.1, 0.15) is 25.3 Å². The van der Waals surface area contributed by atoms with Crippen molar-refractivity contribution in [2.75, 3.05) is 58.5 Å². The van der Waals surface area contributed by atoms with Gasteiger partial charge in [-0.25, -0.2) is 4.98 Å². The molecular formula is C20H34IN5O2. The molecule has 1 unspecified atom stereocenters. The lowest BCUT2D eigenvalue weighted by molar-refractivity contribution is 0.0529. The Hall–Kier alpha value is -1.13. The number of ether oxygens (including phenoxy) is 2. The van der Waals surface area contributed by atoms with E-state index in [1.54, 1.807) is 0 Å². The molecule has 1 aliphatic heterocycles. The molecule has 2 fully saturated rings. The van der Waals surface area contributed by atoms with Crippen LogP contribution in [-0.2, 0) is 16.0 Å². The van der Waals surface area contributed by atoms with E-state index in [2.05, 4.69) is 44.1 Å². The number of guanidine groups is 1. The maximum Gasteiger partial charge on any atom is 0.193 e. The molecule has 0 radical (unpaired) electrons. The molecule has 1 aliphatic carbocycles. The lowest BCUT2D eigenvalue weighted by atomic mass is 10.2. The van der Waals surface area contributed by atoms with Crippen molar-refractivity contribution in [3.63, 3.8) is 0 Å². The van der Waals surface area contributed by atoms with Crippen LogP contribution >= 0.6 is 24.0 Å². The average molecular weight is 503 g/mol. The molecule has 0 aromatic carbocycles. The maximum absolute atomic E-state index is 5.72. The van der Waals surface area contributed by atoms with Crippen molar-refractivity contribution in [1.29, 1.82) is 0 Å². The monoisotopic (exact) mass is 503 g/mol. The molecule has 2 heterocycles. The predicted molar refractivity (Wildman–Crippen MR) is 124 cm³/mol. The number of nitrogens with zero attached hydrogens (tertiary/aromatic N) is 4. The van der Waals surface area contributed by atoms with Crippen LogP contribution in [0.25, 0.3) is 0 Å². The minimum absolute atomic E-state index is 0. The standard InChI is InChI=1S/C20H33N5O2.HI/c1-16-14-25(9-11-27-16)19-7-6-18(12-22-19)13-23-20(21-2)24(3)8-10-26-15-17-4-5-17;/h6-7,12,16-17H,4-5,8-11,13-15H2,1-3H3,(H,21,23);1H. The second-order valence-corrected chi connectivity index (χ2v) is 7.49. The number of aromatic nitrogens is 1. The van der Waals surface area contributed by atoms with Gasteiger partial charge in [-0.3, -0.25) is 4.99 Å². The van der Waals surface area contributed by atoms with Gasteiger partial charge in [0.15, 0.2) is 5.96 Å². The van der Waals surface area contributed by atoms with Crippen molar-refractivity contribution in [2.45, 2.75) is 32.4 Å². The van der Waals surface area contributed by atoms with Crippen molar-refractivity contribution in [3.05, 3.63) is 23.9 Å². The highest BCUT2D eigenvalue weighted by atomic mass is 127. The number of morpholine rings is 1. The molecule has 1 atom stereocenters. The average Bonchev–Trinajstić information content (AvgIpc) is 3.51. The summed E-state index contributed by atoms with van der Waals surface area (Å²) in [5.41, 5.74) is 1.14. The van der Waals surface area contributed by atoms with Crippen molar-refractivity contribution in [2.24, 2.45) is 10.9 Å². The predicted octanol–water partition coefficient (Wildman–Crippen LogP) is 2.36. The smallest absolute Gasteiger partial charge is 0.193 e. The van der Waals surface area contributed by atoms with Crippen molar-refractivity contribution < 1.29 is 9.47 Å². The third-order valence-electron chi connectivity index (χ3n) is 5.02. The SMILES string of the molecule is CN=C(NCc1ccc(N2CCOC(C)C2)nc1)N(C)CCOCC1CC1.I. The van der Waals surface area contributed by atoms with Crippen molar-refractivity contribution in [3.8, 4) is 0 Å². The van der Waals surface area contributed by atoms with Gasteiger partial charge in [0.1, 0.15) is 5.82 Å². The Morgan fingerprint density at radius 2 is 2.25 bits per heavy atom. The van der Waals surface area contributed by atoms with Crippen LogP contribution in [0.2, 0.25) is 0 Å². The Morgan fingerprint density at radius 3 is 2.89 bits per heavy atom. The van der Waals surface area contributed by atoms with E-state index >= 15 is 0 Å². The maximum atomic E-state index is 5.72. The fourth-order valence-electron chi connectivity index (χ4n) is 3.14. The van der Waals surface area contributed by atoms with Crippen molar-refractivity contribution in [1.82, 2.24) is 15.2 Å². The quantitative estimate of drug-likeness (QED) is 0.255. The Morgan fingerprint density at radius 1 is 1.43 bits per heavy atom. The summed E-state index contributed by atoms with van der Waals surface area (Å²) >= 11 is 0. The highest BCUT2D eigenvalue weighted by Crippen LogP contribution is 2.28. The number of anilines is 1. The van der Waals surface area contributed by atoms with Gasteiger partial charge in [-0.05, 0) is 37.3 Å². The van der Waals surface area contributed by atoms with Gasteiger partial charge in [0.05, 0.1) is 19.3 Å². The van der Waals surface area contributed by atoms with E-state index < -0.39 is 0 Å². The van der Waals surface area contributed by atoms with Crippen LogP contribution in [0.15, 0.2) is 23.3 Å². The van der Waals surface area contributed by atoms with Crippen LogP contribution in [0.3, 0.4) is 0 Å². The topological polar surface area (TPSA) is 62.2 Å². The Bertz CT molecular complexity index is 609. The molecule has 0 bridgehead atoms. The Balaban J connectivity index is 0.00000280. The van der Waals surface area contributed by atoms with Gasteiger partial charge < -0.3 is 24.6 Å². The Labute approximate surface area is 185 Å². The molecule has 158 valence electrons. The summed E-state index contributed by atoms with van der Waals surface area (Å²) in [4.78, 5) is 13.4. The molecule has 1 saturated heterocycles. The zero-order valence-electron chi connectivity index (χ0n) is 17.3. The molecule has 8 heteroatoms. The molecule has 28 heavy (non-hydrogen) atoms. The second kappa shape index (κ2) is 11.8. The fraction of sp³-hybridized carbons (Fsp3) is 0.700. The summed E-state index contributed by atoms with van der Waals surface area (Å²) in [6.07, 6.45) is 4.86. The first-order valence-electron chi connectivity index (χ1n) is 9.96. The third kappa shape index (κ3) is 7.36. The summed E-state index contributed by atoms with van der Waals surface area (Å²) in [5.74, 6) is 2.70. The number of likely N-dealkylation sites (N-methyl/N-ethyl adjacent to an activating group) is 1. The lowest BCUT2D eigenvalue weighted by Crippen LogP contribution is -2.41. The minimum atomic E-state index is 0. The van der Waals surface area contributed by atoms with Gasteiger partial charge in [-0.15, -0.1) is 24.0 Å². The summed E-state index contributed by atoms with van der Waals surface area (Å²) in [6.45, 7) is 7.83.